The molecule has 0 aliphatic heterocycles. The van der Waals surface area contributed by atoms with Crippen LogP contribution in [0.3, 0.4) is 0 Å². The average molecular weight is 822 g/mol. The molecular weight excluding hydrogens is 748 g/mol. The Morgan fingerprint density at radius 1 is 0.897 bits per heavy atom. The predicted octanol–water partition coefficient (Wildman–Crippen LogP) is 10.1. The molecule has 1 aromatic carbocycles. The number of Topliss-reactive ketones (excluding diaryl/α,β-unsaturated/α-hetero) is 2. The molecule has 8 nitrogen and oxygen atoms in total. The molecule has 9 heteroatoms. The Morgan fingerprint density at radius 2 is 1.57 bits per heavy atom. The molecule has 322 valence electrons. The highest BCUT2D eigenvalue weighted by atomic mass is 35.5. The molecule has 5 aliphatic carbocycles. The molecule has 58 heavy (non-hydrogen) atoms. The van der Waals surface area contributed by atoms with E-state index in [0.29, 0.717) is 36.4 Å². The molecule has 1 N–H and O–H groups in total. The van der Waals surface area contributed by atoms with E-state index in [1.165, 1.54) is 5.57 Å². The Labute approximate surface area is 354 Å². The molecule has 0 heterocycles. The number of carboxylic acids is 1. The van der Waals surface area contributed by atoms with Crippen molar-refractivity contribution < 1.29 is 29.0 Å². The van der Waals surface area contributed by atoms with Crippen molar-refractivity contribution in [3.63, 3.8) is 0 Å². The van der Waals surface area contributed by atoms with Gasteiger partial charge in [0, 0.05) is 29.9 Å². The van der Waals surface area contributed by atoms with Crippen LogP contribution in [0.4, 0.5) is 0 Å². The van der Waals surface area contributed by atoms with Gasteiger partial charge in [0.05, 0.1) is 23.8 Å². The molecule has 0 amide bonds. The number of carboxylic acid groups (broad SMARTS) is 1. The molecule has 4 fully saturated rings. The fourth-order valence-electron chi connectivity index (χ4n) is 13.8. The number of hydrogen-bond donors (Lipinski definition) is 1. The van der Waals surface area contributed by atoms with Crippen LogP contribution in [0, 0.1) is 56.2 Å². The van der Waals surface area contributed by atoms with E-state index >= 15 is 4.79 Å². The lowest BCUT2D eigenvalue weighted by Crippen LogP contribution is -2.66. The highest BCUT2D eigenvalue weighted by molar-refractivity contribution is 6.30. The zero-order valence-electron chi connectivity index (χ0n) is 37.6. The van der Waals surface area contributed by atoms with Crippen LogP contribution in [0.15, 0.2) is 35.4 Å². The topological polar surface area (TPSA) is 104 Å². The third-order valence-corrected chi connectivity index (χ3v) is 17.4. The second-order valence-corrected chi connectivity index (χ2v) is 22.3. The number of halogens is 1. The first-order valence-corrected chi connectivity index (χ1v) is 22.7. The summed E-state index contributed by atoms with van der Waals surface area (Å²) >= 11 is 6.24. The number of carbonyl (C=O) groups is 4. The number of ketones is 2. The van der Waals surface area contributed by atoms with Gasteiger partial charge in [0.15, 0.2) is 11.6 Å². The number of rotatable bonds is 14. The zero-order valence-corrected chi connectivity index (χ0v) is 38.3. The number of hydrogen-bond acceptors (Lipinski definition) is 7. The van der Waals surface area contributed by atoms with Crippen molar-refractivity contribution in [2.75, 3.05) is 33.7 Å². The smallest absolute Gasteiger partial charge is 0.309 e. The number of carbonyl (C=O) groups excluding carboxylic acids is 3. The Kier molecular flexibility index (Phi) is 12.4. The van der Waals surface area contributed by atoms with Gasteiger partial charge in [-0.3, -0.25) is 24.1 Å². The van der Waals surface area contributed by atoms with E-state index in [4.69, 9.17) is 16.3 Å². The second-order valence-electron chi connectivity index (χ2n) is 21.9. The van der Waals surface area contributed by atoms with Gasteiger partial charge in [0.2, 0.25) is 0 Å². The third-order valence-electron chi connectivity index (χ3n) is 17.1. The van der Waals surface area contributed by atoms with Crippen molar-refractivity contribution in [3.05, 3.63) is 46.0 Å². The number of nitrogens with zero attached hydrogens (tertiary/aromatic N) is 2. The molecule has 5 aliphatic rings. The van der Waals surface area contributed by atoms with Crippen molar-refractivity contribution in [2.45, 2.75) is 146 Å². The van der Waals surface area contributed by atoms with Crippen LogP contribution in [0.25, 0.3) is 0 Å². The minimum Gasteiger partial charge on any atom is -0.481 e. The molecule has 6 rings (SSSR count). The van der Waals surface area contributed by atoms with Gasteiger partial charge in [-0.25, -0.2) is 0 Å². The van der Waals surface area contributed by atoms with E-state index in [1.54, 1.807) is 13.8 Å². The van der Waals surface area contributed by atoms with E-state index in [9.17, 15) is 19.5 Å². The van der Waals surface area contributed by atoms with Crippen molar-refractivity contribution in [2.24, 2.45) is 56.2 Å². The molecule has 0 radical (unpaired) electrons. The molecule has 1 aromatic rings. The molecule has 0 bridgehead atoms. The number of allylic oxidation sites excluding steroid dienone is 2. The summed E-state index contributed by atoms with van der Waals surface area (Å²) in [6.45, 7) is 22.3. The van der Waals surface area contributed by atoms with Gasteiger partial charge in [-0.05, 0) is 161 Å². The van der Waals surface area contributed by atoms with Gasteiger partial charge in [0.1, 0.15) is 6.10 Å². The van der Waals surface area contributed by atoms with Gasteiger partial charge < -0.3 is 14.7 Å². The summed E-state index contributed by atoms with van der Waals surface area (Å²) < 4.78 is 6.19. The van der Waals surface area contributed by atoms with E-state index in [-0.39, 0.29) is 57.6 Å². The van der Waals surface area contributed by atoms with Crippen molar-refractivity contribution in [3.8, 4) is 0 Å². The first kappa shape index (κ1) is 45.0. The molecule has 0 unspecified atom stereocenters. The standard InChI is InChI=1S/C49H73ClN2O6/c1-31(2)41-35(53)27-49(38(54)30-52(26-12-25-51(10)11)29-32-13-15-33(50)16-14-32)24-23-47(8)34(42(41)49)17-18-37-46(7)21-20-39(58-40(55)28-44(3,4)43(56)57)45(5,6)36(46)19-22-48(37,47)9/h13-16,31,34,36-37,39H,12,17-30H2,1-11H3,(H,56,57)/t34-,36+,37-,39+,46+,47-,48-,49+/m1/s1. The lowest BCUT2D eigenvalue weighted by molar-refractivity contribution is -0.233. The highest BCUT2D eigenvalue weighted by Crippen LogP contribution is 2.77. The first-order valence-electron chi connectivity index (χ1n) is 22.3. The highest BCUT2D eigenvalue weighted by Gasteiger charge is 2.71. The van der Waals surface area contributed by atoms with Gasteiger partial charge >= 0.3 is 11.9 Å². The quantitative estimate of drug-likeness (QED) is 0.185. The van der Waals surface area contributed by atoms with E-state index in [2.05, 4.69) is 84.5 Å². The normalized spacial score (nSPS) is 34.4. The Morgan fingerprint density at radius 3 is 2.19 bits per heavy atom. The summed E-state index contributed by atoms with van der Waals surface area (Å²) in [7, 11) is 4.17. The van der Waals surface area contributed by atoms with Crippen LogP contribution >= 0.6 is 11.6 Å². The Balaban J connectivity index is 1.28. The molecule has 4 saturated carbocycles. The van der Waals surface area contributed by atoms with Gasteiger partial charge in [-0.1, -0.05) is 72.2 Å². The summed E-state index contributed by atoms with van der Waals surface area (Å²) in [5.41, 5.74) is 1.06. The van der Waals surface area contributed by atoms with Gasteiger partial charge in [-0.15, -0.1) is 0 Å². The van der Waals surface area contributed by atoms with Crippen LogP contribution < -0.4 is 0 Å². The van der Waals surface area contributed by atoms with Crippen molar-refractivity contribution in [1.29, 1.82) is 0 Å². The minimum atomic E-state index is -1.18. The van der Waals surface area contributed by atoms with Gasteiger partial charge in [0.25, 0.3) is 0 Å². The maximum absolute atomic E-state index is 15.2. The number of ether oxygens (including phenoxy) is 1. The third kappa shape index (κ3) is 7.67. The van der Waals surface area contributed by atoms with Crippen LogP contribution in [0.1, 0.15) is 139 Å². The Hall–Kier alpha value is -2.55. The largest absolute Gasteiger partial charge is 0.481 e. The summed E-state index contributed by atoms with van der Waals surface area (Å²) in [5, 5.41) is 10.4. The maximum Gasteiger partial charge on any atom is 0.309 e. The molecular formula is C49H73ClN2O6. The molecule has 0 saturated heterocycles. The second kappa shape index (κ2) is 16.0. The summed E-state index contributed by atoms with van der Waals surface area (Å²) in [5.74, 6) is 0.0199. The number of benzene rings is 1. The average Bonchev–Trinajstić information content (AvgIpc) is 3.43. The van der Waals surface area contributed by atoms with Crippen molar-refractivity contribution >= 4 is 35.1 Å². The fourth-order valence-corrected chi connectivity index (χ4v) is 13.9. The molecule has 0 spiro atoms. The zero-order chi connectivity index (χ0) is 42.8. The number of aliphatic carboxylic acids is 1. The summed E-state index contributed by atoms with van der Waals surface area (Å²) in [6.07, 6.45) is 8.35. The maximum atomic E-state index is 15.2. The lowest BCUT2D eigenvalue weighted by atomic mass is 9.33. The summed E-state index contributed by atoms with van der Waals surface area (Å²) in [6, 6.07) is 7.94. The van der Waals surface area contributed by atoms with E-state index in [1.807, 2.05) is 12.1 Å². The first-order chi connectivity index (χ1) is 26.9. The van der Waals surface area contributed by atoms with Crippen LogP contribution in [-0.4, -0.2) is 78.2 Å². The van der Waals surface area contributed by atoms with Gasteiger partial charge in [-0.2, -0.15) is 0 Å². The number of fused-ring (bicyclic) bond motifs is 7. The number of esters is 1. The minimum absolute atomic E-state index is 0.00893. The summed E-state index contributed by atoms with van der Waals surface area (Å²) in [4.78, 5) is 59.0. The monoisotopic (exact) mass is 821 g/mol. The lowest BCUT2D eigenvalue weighted by Gasteiger charge is -2.72. The Bertz CT molecular complexity index is 1800. The van der Waals surface area contributed by atoms with Crippen molar-refractivity contribution in [1.82, 2.24) is 9.80 Å². The van der Waals surface area contributed by atoms with E-state index < -0.39 is 22.8 Å². The van der Waals surface area contributed by atoms with E-state index in [0.717, 1.165) is 82.0 Å². The van der Waals surface area contributed by atoms with Crippen LogP contribution in [0.5, 0.6) is 0 Å². The van der Waals surface area contributed by atoms with Crippen LogP contribution in [-0.2, 0) is 30.5 Å². The molecule has 8 atom stereocenters. The fraction of sp³-hybridized carbons (Fsp3) is 0.755. The predicted molar refractivity (Wildman–Crippen MR) is 230 cm³/mol. The van der Waals surface area contributed by atoms with Crippen LogP contribution in [0.2, 0.25) is 5.02 Å². The SMILES string of the molecule is CC(C)C1=C2[C@H]3CC[C@@H]4[C@@]5(C)CC[C@H](OC(=O)CC(C)(C)C(=O)O)C(C)(C)[C@@H]5CC[C@@]4(C)[C@]3(C)CC[C@@]2(C(=O)CN(CCCN(C)C)Cc2ccc(Cl)cc2)CC1=O. The molecule has 0 aromatic heterocycles.